The molecule has 2 heterocycles. The van der Waals surface area contributed by atoms with Crippen LogP contribution < -0.4 is 10.2 Å². The molecule has 31 heavy (non-hydrogen) atoms. The third-order valence-corrected chi connectivity index (χ3v) is 6.13. The lowest BCUT2D eigenvalue weighted by atomic mass is 10.3. The molecule has 162 valence electrons. The molecule has 1 N–H and O–H groups in total. The van der Waals surface area contributed by atoms with Crippen molar-refractivity contribution in [1.29, 1.82) is 0 Å². The second kappa shape index (κ2) is 9.67. The Bertz CT molecular complexity index is 1070. The molecule has 1 fully saturated rings. The molecule has 1 aliphatic rings. The van der Waals surface area contributed by atoms with Gasteiger partial charge in [-0.3, -0.25) is 9.36 Å². The summed E-state index contributed by atoms with van der Waals surface area (Å²) in [6, 6.07) is 13.3. The monoisotopic (exact) mass is 461 g/mol. The Morgan fingerprint density at radius 3 is 2.71 bits per heavy atom. The molecule has 10 heteroatoms. The van der Waals surface area contributed by atoms with Crippen LogP contribution in [0.4, 0.5) is 16.0 Å². The number of nitrogens with zero attached hydrogens (tertiary/aromatic N) is 4. The van der Waals surface area contributed by atoms with Gasteiger partial charge in [-0.25, -0.2) is 4.39 Å². The molecule has 0 spiro atoms. The molecule has 0 aliphatic carbocycles. The number of anilines is 2. The van der Waals surface area contributed by atoms with Crippen molar-refractivity contribution >= 4 is 40.9 Å². The first-order valence-electron chi connectivity index (χ1n) is 9.79. The number of morpholine rings is 1. The first kappa shape index (κ1) is 21.6. The number of para-hydroxylation sites is 1. The topological polar surface area (TPSA) is 72.3 Å². The Balaban J connectivity index is 1.60. The average Bonchev–Trinajstić information content (AvgIpc) is 3.19. The number of hydrogen-bond donors (Lipinski definition) is 1. The van der Waals surface area contributed by atoms with E-state index >= 15 is 0 Å². The van der Waals surface area contributed by atoms with Gasteiger partial charge in [0.15, 0.2) is 5.16 Å². The standard InChI is InChI=1S/C21H21ClFN5O2S/c1-14(19(29)24-18-8-3-2-7-17(18)22)31-21-26-25-20(27-9-11-30-12-10-27)28(21)16-6-4-5-15(23)13-16/h2-8,13-14H,9-12H2,1H3,(H,24,29). The Morgan fingerprint density at radius 1 is 1.19 bits per heavy atom. The SMILES string of the molecule is CC(Sc1nnc(N2CCOCC2)n1-c1cccc(F)c1)C(=O)Nc1ccccc1Cl. The third kappa shape index (κ3) is 5.00. The molecule has 1 unspecified atom stereocenters. The smallest absolute Gasteiger partial charge is 0.237 e. The summed E-state index contributed by atoms with van der Waals surface area (Å²) in [6.45, 7) is 4.24. The van der Waals surface area contributed by atoms with Crippen LogP contribution in [0.1, 0.15) is 6.92 Å². The van der Waals surface area contributed by atoms with Crippen LogP contribution in [-0.2, 0) is 9.53 Å². The molecule has 2 aromatic carbocycles. The molecule has 0 bridgehead atoms. The predicted molar refractivity (Wildman–Crippen MR) is 120 cm³/mol. The minimum atomic E-state index is -0.495. The van der Waals surface area contributed by atoms with Gasteiger partial charge in [-0.15, -0.1) is 10.2 Å². The number of rotatable bonds is 6. The summed E-state index contributed by atoms with van der Waals surface area (Å²) in [6.07, 6.45) is 0. The van der Waals surface area contributed by atoms with Crippen LogP contribution in [0.25, 0.3) is 5.69 Å². The van der Waals surface area contributed by atoms with Gasteiger partial charge < -0.3 is 15.0 Å². The second-order valence-corrected chi connectivity index (χ2v) is 8.64. The Kier molecular flexibility index (Phi) is 6.74. The van der Waals surface area contributed by atoms with Crippen molar-refractivity contribution in [2.24, 2.45) is 0 Å². The number of ether oxygens (including phenoxy) is 1. The maximum Gasteiger partial charge on any atom is 0.237 e. The number of benzene rings is 2. The number of carbonyl (C=O) groups excluding carboxylic acids is 1. The highest BCUT2D eigenvalue weighted by atomic mass is 35.5. The van der Waals surface area contributed by atoms with Crippen molar-refractivity contribution in [3.8, 4) is 5.69 Å². The first-order chi connectivity index (χ1) is 15.0. The highest BCUT2D eigenvalue weighted by molar-refractivity contribution is 8.00. The summed E-state index contributed by atoms with van der Waals surface area (Å²) in [5.41, 5.74) is 1.13. The van der Waals surface area contributed by atoms with E-state index in [1.165, 1.54) is 23.9 Å². The van der Waals surface area contributed by atoms with E-state index in [2.05, 4.69) is 15.5 Å². The van der Waals surface area contributed by atoms with Gasteiger partial charge in [-0.05, 0) is 37.3 Å². The largest absolute Gasteiger partial charge is 0.378 e. The normalized spacial score (nSPS) is 15.0. The summed E-state index contributed by atoms with van der Waals surface area (Å²) >= 11 is 7.39. The van der Waals surface area contributed by atoms with Gasteiger partial charge in [0.1, 0.15) is 5.82 Å². The molecular weight excluding hydrogens is 441 g/mol. The van der Waals surface area contributed by atoms with Gasteiger partial charge in [-0.2, -0.15) is 0 Å². The van der Waals surface area contributed by atoms with Crippen molar-refractivity contribution in [2.45, 2.75) is 17.3 Å². The molecule has 7 nitrogen and oxygen atoms in total. The number of hydrogen-bond acceptors (Lipinski definition) is 6. The number of carbonyl (C=O) groups is 1. The highest BCUT2D eigenvalue weighted by Gasteiger charge is 2.25. The summed E-state index contributed by atoms with van der Waals surface area (Å²) < 4.78 is 21.2. The minimum absolute atomic E-state index is 0.222. The fourth-order valence-electron chi connectivity index (χ4n) is 3.16. The maximum absolute atomic E-state index is 14.0. The molecule has 1 amide bonds. The quantitative estimate of drug-likeness (QED) is 0.559. The number of thioether (sulfide) groups is 1. The van der Waals surface area contributed by atoms with E-state index in [1.807, 2.05) is 4.90 Å². The fourth-order valence-corrected chi connectivity index (χ4v) is 4.20. The molecule has 0 saturated carbocycles. The van der Waals surface area contributed by atoms with Crippen LogP contribution in [-0.4, -0.2) is 52.2 Å². The van der Waals surface area contributed by atoms with E-state index in [4.69, 9.17) is 16.3 Å². The predicted octanol–water partition coefficient (Wildman–Crippen LogP) is 4.02. The van der Waals surface area contributed by atoms with Gasteiger partial charge in [0.2, 0.25) is 11.9 Å². The van der Waals surface area contributed by atoms with Crippen molar-refractivity contribution in [3.63, 3.8) is 0 Å². The van der Waals surface area contributed by atoms with Gasteiger partial charge in [-0.1, -0.05) is 41.6 Å². The highest BCUT2D eigenvalue weighted by Crippen LogP contribution is 2.31. The zero-order valence-corrected chi connectivity index (χ0v) is 18.4. The molecule has 1 aliphatic heterocycles. The summed E-state index contributed by atoms with van der Waals surface area (Å²) in [5.74, 6) is 0.00881. The van der Waals surface area contributed by atoms with E-state index in [-0.39, 0.29) is 11.7 Å². The van der Waals surface area contributed by atoms with Crippen LogP contribution in [0, 0.1) is 5.82 Å². The zero-order valence-electron chi connectivity index (χ0n) is 16.8. The Hall–Kier alpha value is -2.62. The van der Waals surface area contributed by atoms with E-state index in [9.17, 15) is 9.18 Å². The van der Waals surface area contributed by atoms with Crippen LogP contribution in [0.15, 0.2) is 53.7 Å². The molecular formula is C21H21ClFN5O2S. The van der Waals surface area contributed by atoms with Crippen molar-refractivity contribution in [2.75, 3.05) is 36.5 Å². The Morgan fingerprint density at radius 2 is 1.97 bits per heavy atom. The number of amides is 1. The third-order valence-electron chi connectivity index (χ3n) is 4.76. The molecule has 1 aromatic heterocycles. The minimum Gasteiger partial charge on any atom is -0.378 e. The molecule has 0 radical (unpaired) electrons. The number of halogens is 2. The lowest BCUT2D eigenvalue weighted by molar-refractivity contribution is -0.115. The van der Waals surface area contributed by atoms with Gasteiger partial charge >= 0.3 is 0 Å². The first-order valence-corrected chi connectivity index (χ1v) is 11.0. The molecule has 3 aromatic rings. The van der Waals surface area contributed by atoms with E-state index in [0.717, 1.165) is 0 Å². The van der Waals surface area contributed by atoms with Crippen molar-refractivity contribution in [1.82, 2.24) is 14.8 Å². The van der Waals surface area contributed by atoms with Crippen molar-refractivity contribution in [3.05, 3.63) is 59.4 Å². The van der Waals surface area contributed by atoms with E-state index in [1.54, 1.807) is 47.9 Å². The summed E-state index contributed by atoms with van der Waals surface area (Å²) in [4.78, 5) is 14.8. The number of aromatic nitrogens is 3. The number of nitrogens with one attached hydrogen (secondary N) is 1. The zero-order chi connectivity index (χ0) is 21.8. The average molecular weight is 462 g/mol. The second-order valence-electron chi connectivity index (χ2n) is 6.93. The Labute approximate surface area is 188 Å². The summed E-state index contributed by atoms with van der Waals surface area (Å²) in [7, 11) is 0. The van der Waals surface area contributed by atoms with Crippen molar-refractivity contribution < 1.29 is 13.9 Å². The molecule has 1 saturated heterocycles. The fraction of sp³-hybridized carbons (Fsp3) is 0.286. The van der Waals surface area contributed by atoms with E-state index in [0.29, 0.717) is 53.8 Å². The maximum atomic E-state index is 14.0. The van der Waals surface area contributed by atoms with Crippen LogP contribution in [0.2, 0.25) is 5.02 Å². The lowest BCUT2D eigenvalue weighted by Crippen LogP contribution is -2.38. The molecule has 4 rings (SSSR count). The van der Waals surface area contributed by atoms with Gasteiger partial charge in [0.25, 0.3) is 0 Å². The van der Waals surface area contributed by atoms with Gasteiger partial charge in [0, 0.05) is 13.1 Å². The van der Waals surface area contributed by atoms with E-state index < -0.39 is 5.25 Å². The van der Waals surface area contributed by atoms with Gasteiger partial charge in [0.05, 0.1) is 34.9 Å². The molecule has 1 atom stereocenters. The summed E-state index contributed by atoms with van der Waals surface area (Å²) in [5, 5.41) is 11.9. The van der Waals surface area contributed by atoms with Crippen LogP contribution >= 0.6 is 23.4 Å². The lowest BCUT2D eigenvalue weighted by Gasteiger charge is -2.28. The van der Waals surface area contributed by atoms with Crippen LogP contribution in [0.5, 0.6) is 0 Å². The van der Waals surface area contributed by atoms with Crippen LogP contribution in [0.3, 0.4) is 0 Å².